The summed E-state index contributed by atoms with van der Waals surface area (Å²) in [7, 11) is -2.96. The zero-order chi connectivity index (χ0) is 22.1. The number of hydrogen-bond acceptors (Lipinski definition) is 9. The Bertz CT molecular complexity index is 960. The predicted molar refractivity (Wildman–Crippen MR) is 109 cm³/mol. The number of urea groups is 1. The molecule has 12 nitrogen and oxygen atoms in total. The predicted octanol–water partition coefficient (Wildman–Crippen LogP) is 1.10. The molecule has 0 atom stereocenters. The Kier molecular flexibility index (Phi) is 5.59. The highest BCUT2D eigenvalue weighted by Crippen LogP contribution is 2.62. The molecule has 2 amide bonds. The number of rotatable bonds is 5. The van der Waals surface area contributed by atoms with E-state index in [1.165, 1.54) is 16.8 Å². The smallest absolute Gasteiger partial charge is 0.442 e. The summed E-state index contributed by atoms with van der Waals surface area (Å²) in [6, 6.07) is 2.51. The highest BCUT2D eigenvalue weighted by atomic mass is 32.3. The summed E-state index contributed by atoms with van der Waals surface area (Å²) in [5.41, 5.74) is 5.20. The third kappa shape index (κ3) is 4.80. The molecule has 0 radical (unpaired) electrons. The van der Waals surface area contributed by atoms with E-state index in [1.54, 1.807) is 12.1 Å². The maximum Gasteiger partial charge on any atom is 0.442 e. The molecule has 5 N–H and O–H groups in total. The van der Waals surface area contributed by atoms with Crippen LogP contribution in [-0.2, 0) is 24.5 Å². The third-order valence-electron chi connectivity index (χ3n) is 3.63. The van der Waals surface area contributed by atoms with Crippen LogP contribution in [0, 0.1) is 5.41 Å². The van der Waals surface area contributed by atoms with Gasteiger partial charge in [-0.25, -0.2) is 30.2 Å². The molecule has 0 aromatic carbocycles. The highest BCUT2D eigenvalue weighted by molar-refractivity contribution is 8.41. The van der Waals surface area contributed by atoms with Gasteiger partial charge >= 0.3 is 18.0 Å². The number of aliphatic imine (C=N–C) groups is 2. The van der Waals surface area contributed by atoms with Crippen molar-refractivity contribution in [2.45, 2.75) is 27.3 Å². The summed E-state index contributed by atoms with van der Waals surface area (Å²) in [5, 5.41) is 5.12. The molecule has 162 valence electrons. The number of nitrogens with two attached hydrogens (primary N) is 2. The van der Waals surface area contributed by atoms with Crippen LogP contribution < -0.4 is 16.9 Å². The van der Waals surface area contributed by atoms with Crippen molar-refractivity contribution in [1.82, 2.24) is 10.3 Å². The quantitative estimate of drug-likeness (QED) is 0.201. The summed E-state index contributed by atoms with van der Waals surface area (Å²) < 4.78 is 16.0. The van der Waals surface area contributed by atoms with Gasteiger partial charge < -0.3 is 28.8 Å². The monoisotopic (exact) mass is 438 g/mol. The summed E-state index contributed by atoms with van der Waals surface area (Å²) >= 11 is 0. The van der Waals surface area contributed by atoms with E-state index in [-0.39, 0.29) is 22.8 Å². The highest BCUT2D eigenvalue weighted by Gasteiger charge is 2.48. The van der Waals surface area contributed by atoms with Crippen molar-refractivity contribution >= 4 is 45.8 Å². The van der Waals surface area contributed by atoms with Crippen LogP contribution in [0.5, 0.6) is 0 Å². The maximum atomic E-state index is 11.7. The van der Waals surface area contributed by atoms with E-state index in [1.807, 2.05) is 20.8 Å². The number of nitrogens with one attached hydrogen (secondary N) is 1. The van der Waals surface area contributed by atoms with Crippen LogP contribution in [0.15, 0.2) is 31.9 Å². The van der Waals surface area contributed by atoms with Crippen LogP contribution in [0.1, 0.15) is 32.3 Å². The van der Waals surface area contributed by atoms with E-state index in [4.69, 9.17) is 24.4 Å². The van der Waals surface area contributed by atoms with Gasteiger partial charge in [0.1, 0.15) is 17.8 Å². The number of carbonyl (C=O) groups is 3. The van der Waals surface area contributed by atoms with Crippen LogP contribution in [0.2, 0.25) is 0 Å². The van der Waals surface area contributed by atoms with Gasteiger partial charge in [-0.3, -0.25) is 0 Å². The van der Waals surface area contributed by atoms with Gasteiger partial charge in [-0.2, -0.15) is 0 Å². The molecule has 2 aliphatic heterocycles. The van der Waals surface area contributed by atoms with Crippen LogP contribution in [0.25, 0.3) is 5.70 Å². The molecule has 2 aliphatic rings. The molecular formula is C17H22N6O6S. The molecule has 1 spiro atoms. The normalized spacial score (nSPS) is 18.8. The fraction of sp³-hybridized carbons (Fsp3) is 0.353. The van der Waals surface area contributed by atoms with Gasteiger partial charge in [-0.05, 0) is 28.1 Å². The Balaban J connectivity index is 1.86. The molecule has 1 aromatic rings. The second-order valence-electron chi connectivity index (χ2n) is 7.65. The lowest BCUT2D eigenvalue weighted by atomic mass is 9.97. The van der Waals surface area contributed by atoms with Gasteiger partial charge in [0.05, 0.1) is 12.0 Å². The van der Waals surface area contributed by atoms with Crippen LogP contribution >= 0.6 is 10.6 Å². The van der Waals surface area contributed by atoms with Gasteiger partial charge in [-0.15, -0.1) is 0 Å². The molecule has 3 rings (SSSR count). The lowest BCUT2D eigenvalue weighted by molar-refractivity contribution is -0.150. The van der Waals surface area contributed by atoms with Crippen molar-refractivity contribution in [2.24, 2.45) is 27.0 Å². The molecule has 1 saturated heterocycles. The fourth-order valence-corrected chi connectivity index (χ4v) is 4.39. The molecule has 0 saturated carbocycles. The molecule has 0 unspecified atom stereocenters. The molecule has 0 aliphatic carbocycles. The standard InChI is InChI=1S/C17H22N6O6S/c1-17(2,3)8-23(19)9-21-16-22-11(7-30(16)28-13(24)14(25)29-30)12-5-4-10(27-12)6-20-15(18)26/h4-5,7,9H,6,8,19H2,1-3H3,(H3,18,20,26)/b21-9+. The van der Waals surface area contributed by atoms with Gasteiger partial charge in [0.25, 0.3) is 5.17 Å². The second kappa shape index (κ2) is 7.84. The minimum atomic E-state index is -2.96. The number of primary amides is 1. The third-order valence-corrected chi connectivity index (χ3v) is 5.66. The Morgan fingerprint density at radius 2 is 1.97 bits per heavy atom. The van der Waals surface area contributed by atoms with E-state index in [0.717, 1.165) is 0 Å². The van der Waals surface area contributed by atoms with Crippen molar-refractivity contribution in [1.29, 1.82) is 0 Å². The lowest BCUT2D eigenvalue weighted by Crippen LogP contribution is -2.37. The number of hydrazine groups is 1. The molecule has 3 heterocycles. The van der Waals surface area contributed by atoms with Gasteiger partial charge in [0.2, 0.25) is 0 Å². The average molecular weight is 438 g/mol. The molecule has 1 fully saturated rings. The molecule has 1 aromatic heterocycles. The first-order valence-electron chi connectivity index (χ1n) is 8.76. The van der Waals surface area contributed by atoms with E-state index in [2.05, 4.69) is 15.3 Å². The van der Waals surface area contributed by atoms with Crippen LogP contribution in [0.4, 0.5) is 4.79 Å². The Morgan fingerprint density at radius 3 is 2.57 bits per heavy atom. The minimum absolute atomic E-state index is 0.0192. The van der Waals surface area contributed by atoms with Crippen molar-refractivity contribution in [3.8, 4) is 0 Å². The number of nitrogens with zero attached hydrogens (tertiary/aromatic N) is 3. The average Bonchev–Trinajstić information content (AvgIpc) is 3.28. The van der Waals surface area contributed by atoms with Gasteiger partial charge in [0.15, 0.2) is 5.76 Å². The molecule has 30 heavy (non-hydrogen) atoms. The number of carbonyl (C=O) groups excluding carboxylic acids is 3. The fourth-order valence-electron chi connectivity index (χ4n) is 2.54. The van der Waals surface area contributed by atoms with E-state index in [0.29, 0.717) is 18.1 Å². The maximum absolute atomic E-state index is 11.7. The number of hydrogen-bond donors (Lipinski definition) is 3. The van der Waals surface area contributed by atoms with Crippen molar-refractivity contribution in [3.63, 3.8) is 0 Å². The summed E-state index contributed by atoms with van der Waals surface area (Å²) in [4.78, 5) is 42.7. The first kappa shape index (κ1) is 21.4. The number of amides is 2. The SMILES string of the molecule is CC(C)(C)CN(N)/C=N/C1=NC(c2ccc(CNC(N)=O)o2)=CS12OC(=O)C(=O)O2. The summed E-state index contributed by atoms with van der Waals surface area (Å²) in [6.45, 7) is 6.57. The van der Waals surface area contributed by atoms with Crippen LogP contribution in [0.3, 0.4) is 0 Å². The molecule has 0 bridgehead atoms. The number of amidine groups is 1. The zero-order valence-corrected chi connectivity index (χ0v) is 17.4. The van der Waals surface area contributed by atoms with Gasteiger partial charge in [-0.1, -0.05) is 20.8 Å². The Hall–Kier alpha value is -3.32. The zero-order valence-electron chi connectivity index (χ0n) is 16.6. The molecule has 13 heteroatoms. The largest absolute Gasteiger partial charge is 0.458 e. The summed E-state index contributed by atoms with van der Waals surface area (Å²) in [5.74, 6) is 4.38. The number of furan rings is 1. The van der Waals surface area contributed by atoms with Gasteiger partial charge in [0, 0.05) is 6.54 Å². The van der Waals surface area contributed by atoms with E-state index < -0.39 is 28.6 Å². The second-order valence-corrected chi connectivity index (χ2v) is 9.67. The van der Waals surface area contributed by atoms with Crippen LogP contribution in [-0.4, -0.2) is 41.0 Å². The molecular weight excluding hydrogens is 416 g/mol. The summed E-state index contributed by atoms with van der Waals surface area (Å²) in [6.07, 6.45) is 1.32. The first-order chi connectivity index (χ1) is 14.0. The minimum Gasteiger partial charge on any atom is -0.458 e. The Morgan fingerprint density at radius 1 is 1.30 bits per heavy atom. The first-order valence-corrected chi connectivity index (χ1v) is 10.3. The van der Waals surface area contributed by atoms with Crippen molar-refractivity contribution in [3.05, 3.63) is 29.1 Å². The van der Waals surface area contributed by atoms with Crippen molar-refractivity contribution in [2.75, 3.05) is 6.54 Å². The van der Waals surface area contributed by atoms with E-state index >= 15 is 0 Å². The Labute approximate surface area is 173 Å². The topological polar surface area (TPSA) is 175 Å². The van der Waals surface area contributed by atoms with E-state index in [9.17, 15) is 14.4 Å². The lowest BCUT2D eigenvalue weighted by Gasteiger charge is -2.27. The van der Waals surface area contributed by atoms with Crippen molar-refractivity contribution < 1.29 is 27.2 Å².